The smallest absolute Gasteiger partial charge is 0.338 e. The number of hydrogen-bond donors (Lipinski definition) is 0. The van der Waals surface area contributed by atoms with Crippen LogP contribution in [0.5, 0.6) is 0 Å². The molecular formula is C27H24N2O3. The van der Waals surface area contributed by atoms with Gasteiger partial charge in [-0.3, -0.25) is 4.79 Å². The van der Waals surface area contributed by atoms with Gasteiger partial charge in [-0.15, -0.1) is 0 Å². The minimum atomic E-state index is -1.25. The minimum absolute atomic E-state index is 0.189. The van der Waals surface area contributed by atoms with Gasteiger partial charge in [-0.1, -0.05) is 60.7 Å². The maximum Gasteiger partial charge on any atom is 0.338 e. The van der Waals surface area contributed by atoms with Crippen LogP contribution in [0.1, 0.15) is 44.3 Å². The Morgan fingerprint density at radius 2 is 1.69 bits per heavy atom. The van der Waals surface area contributed by atoms with Crippen molar-refractivity contribution >= 4 is 11.9 Å². The normalized spacial score (nSPS) is 17.2. The van der Waals surface area contributed by atoms with Crippen LogP contribution in [-0.2, 0) is 23.1 Å². The van der Waals surface area contributed by atoms with Crippen molar-refractivity contribution < 1.29 is 14.3 Å². The summed E-state index contributed by atoms with van der Waals surface area (Å²) >= 11 is 0. The molecule has 0 saturated heterocycles. The second-order valence-electron chi connectivity index (χ2n) is 7.76. The Bertz CT molecular complexity index is 1180. The lowest BCUT2D eigenvalue weighted by molar-refractivity contribution is 0.0520. The van der Waals surface area contributed by atoms with Crippen molar-refractivity contribution in [2.75, 3.05) is 13.2 Å². The van der Waals surface area contributed by atoms with Crippen LogP contribution in [0.25, 0.3) is 0 Å². The Kier molecular flexibility index (Phi) is 6.04. The molecule has 0 fully saturated rings. The van der Waals surface area contributed by atoms with Crippen molar-refractivity contribution in [1.82, 2.24) is 4.90 Å². The third kappa shape index (κ3) is 3.76. The first kappa shape index (κ1) is 21.3. The SMILES string of the molecule is CCOC(=O)c1ccccc1CC1(C#N)c2ccccc2CCN1C(=O)c1ccccc1. The van der Waals surface area contributed by atoms with Crippen LogP contribution in [0.4, 0.5) is 0 Å². The maximum atomic E-state index is 13.6. The second kappa shape index (κ2) is 9.07. The molecule has 0 spiro atoms. The highest BCUT2D eigenvalue weighted by molar-refractivity contribution is 5.95. The van der Waals surface area contributed by atoms with E-state index in [0.29, 0.717) is 29.7 Å². The van der Waals surface area contributed by atoms with Gasteiger partial charge < -0.3 is 9.64 Å². The average Bonchev–Trinajstić information content (AvgIpc) is 2.84. The zero-order chi connectivity index (χ0) is 22.6. The molecule has 0 saturated carbocycles. The summed E-state index contributed by atoms with van der Waals surface area (Å²) in [6.07, 6.45) is 0.853. The van der Waals surface area contributed by atoms with Gasteiger partial charge in [0.2, 0.25) is 0 Å². The highest BCUT2D eigenvalue weighted by atomic mass is 16.5. The number of carbonyl (C=O) groups is 2. The van der Waals surface area contributed by atoms with Gasteiger partial charge in [0.25, 0.3) is 5.91 Å². The first-order chi connectivity index (χ1) is 15.6. The summed E-state index contributed by atoms with van der Waals surface area (Å²) in [6.45, 7) is 2.44. The van der Waals surface area contributed by atoms with Gasteiger partial charge in [0.05, 0.1) is 18.2 Å². The number of nitriles is 1. The van der Waals surface area contributed by atoms with Crippen LogP contribution in [-0.4, -0.2) is 29.9 Å². The Labute approximate surface area is 187 Å². The lowest BCUT2D eigenvalue weighted by atomic mass is 9.76. The second-order valence-corrected chi connectivity index (χ2v) is 7.76. The summed E-state index contributed by atoms with van der Waals surface area (Å²) in [4.78, 5) is 27.8. The molecule has 1 atom stereocenters. The standard InChI is InChI=1S/C27H24N2O3/c1-2-32-26(31)23-14-8-6-13-22(23)18-27(19-28)24-15-9-7-10-20(24)16-17-29(27)25(30)21-11-4-3-5-12-21/h3-15H,2,16-18H2,1H3. The van der Waals surface area contributed by atoms with Crippen molar-refractivity contribution in [3.05, 3.63) is 107 Å². The van der Waals surface area contributed by atoms with E-state index in [4.69, 9.17) is 4.74 Å². The third-order valence-electron chi connectivity index (χ3n) is 5.94. The van der Waals surface area contributed by atoms with E-state index in [-0.39, 0.29) is 18.9 Å². The zero-order valence-electron chi connectivity index (χ0n) is 18.0. The van der Waals surface area contributed by atoms with E-state index in [1.807, 2.05) is 54.6 Å². The molecule has 1 heterocycles. The van der Waals surface area contributed by atoms with E-state index in [0.717, 1.165) is 11.1 Å². The van der Waals surface area contributed by atoms with E-state index in [9.17, 15) is 14.9 Å². The molecule has 0 aromatic heterocycles. The van der Waals surface area contributed by atoms with Gasteiger partial charge in [0.15, 0.2) is 5.54 Å². The predicted molar refractivity (Wildman–Crippen MR) is 121 cm³/mol. The fourth-order valence-corrected chi connectivity index (χ4v) is 4.43. The lowest BCUT2D eigenvalue weighted by Gasteiger charge is -2.44. The number of esters is 1. The Hall–Kier alpha value is -3.91. The molecule has 1 unspecified atom stereocenters. The Morgan fingerprint density at radius 3 is 2.44 bits per heavy atom. The molecule has 1 aliphatic rings. The van der Waals surface area contributed by atoms with Gasteiger partial charge >= 0.3 is 5.97 Å². The van der Waals surface area contributed by atoms with Crippen LogP contribution in [0, 0.1) is 11.3 Å². The number of amides is 1. The van der Waals surface area contributed by atoms with Crippen molar-refractivity contribution in [2.45, 2.75) is 25.3 Å². The van der Waals surface area contributed by atoms with E-state index < -0.39 is 11.5 Å². The molecule has 0 bridgehead atoms. The first-order valence-electron chi connectivity index (χ1n) is 10.7. The molecule has 160 valence electrons. The zero-order valence-corrected chi connectivity index (χ0v) is 18.0. The number of fused-ring (bicyclic) bond motifs is 1. The monoisotopic (exact) mass is 424 g/mol. The average molecular weight is 425 g/mol. The molecule has 5 nitrogen and oxygen atoms in total. The van der Waals surface area contributed by atoms with Crippen molar-refractivity contribution in [2.24, 2.45) is 0 Å². The summed E-state index contributed by atoms with van der Waals surface area (Å²) in [5.74, 6) is -0.628. The molecule has 0 aliphatic carbocycles. The van der Waals surface area contributed by atoms with E-state index in [2.05, 4.69) is 6.07 Å². The Morgan fingerprint density at radius 1 is 1.00 bits per heavy atom. The molecule has 32 heavy (non-hydrogen) atoms. The summed E-state index contributed by atoms with van der Waals surface area (Å²) in [5.41, 5.74) is 2.22. The summed E-state index contributed by atoms with van der Waals surface area (Å²) in [6, 6.07) is 26.4. The molecule has 0 N–H and O–H groups in total. The fourth-order valence-electron chi connectivity index (χ4n) is 4.43. The number of rotatable bonds is 5. The summed E-state index contributed by atoms with van der Waals surface area (Å²) in [5, 5.41) is 10.6. The van der Waals surface area contributed by atoms with Crippen LogP contribution < -0.4 is 0 Å². The van der Waals surface area contributed by atoms with Gasteiger partial charge in [-0.25, -0.2) is 4.79 Å². The molecular weight excluding hydrogens is 400 g/mol. The molecule has 3 aromatic rings. The molecule has 3 aromatic carbocycles. The highest BCUT2D eigenvalue weighted by Crippen LogP contribution is 2.39. The highest BCUT2D eigenvalue weighted by Gasteiger charge is 2.46. The van der Waals surface area contributed by atoms with Crippen molar-refractivity contribution in [3.63, 3.8) is 0 Å². The number of hydrogen-bond acceptors (Lipinski definition) is 4. The Balaban J connectivity index is 1.85. The number of carbonyl (C=O) groups excluding carboxylic acids is 2. The molecule has 1 aliphatic heterocycles. The summed E-state index contributed by atoms with van der Waals surface area (Å²) in [7, 11) is 0. The molecule has 5 heteroatoms. The van der Waals surface area contributed by atoms with Crippen LogP contribution in [0.2, 0.25) is 0 Å². The number of ether oxygens (including phenoxy) is 1. The lowest BCUT2D eigenvalue weighted by Crippen LogP contribution is -2.54. The van der Waals surface area contributed by atoms with Crippen molar-refractivity contribution in [3.8, 4) is 6.07 Å². The molecule has 1 amide bonds. The van der Waals surface area contributed by atoms with Crippen molar-refractivity contribution in [1.29, 1.82) is 5.26 Å². The fraction of sp³-hybridized carbons (Fsp3) is 0.222. The molecule has 0 radical (unpaired) electrons. The first-order valence-corrected chi connectivity index (χ1v) is 10.7. The maximum absolute atomic E-state index is 13.6. The quantitative estimate of drug-likeness (QED) is 0.565. The molecule has 4 rings (SSSR count). The number of nitrogens with zero attached hydrogens (tertiary/aromatic N) is 2. The van der Waals surface area contributed by atoms with Gasteiger partial charge in [0.1, 0.15) is 0 Å². The largest absolute Gasteiger partial charge is 0.462 e. The van der Waals surface area contributed by atoms with Gasteiger partial charge in [-0.05, 0) is 48.2 Å². The van der Waals surface area contributed by atoms with E-state index in [1.54, 1.807) is 36.1 Å². The third-order valence-corrected chi connectivity index (χ3v) is 5.94. The predicted octanol–water partition coefficient (Wildman–Crippen LogP) is 4.52. The van der Waals surface area contributed by atoms with Gasteiger partial charge in [0, 0.05) is 18.5 Å². The van der Waals surface area contributed by atoms with Crippen LogP contribution in [0.15, 0.2) is 78.9 Å². The van der Waals surface area contributed by atoms with E-state index in [1.165, 1.54) is 0 Å². The number of benzene rings is 3. The van der Waals surface area contributed by atoms with Crippen LogP contribution >= 0.6 is 0 Å². The topological polar surface area (TPSA) is 70.4 Å². The van der Waals surface area contributed by atoms with Gasteiger partial charge in [-0.2, -0.15) is 5.26 Å². The van der Waals surface area contributed by atoms with Crippen LogP contribution in [0.3, 0.4) is 0 Å². The summed E-state index contributed by atoms with van der Waals surface area (Å²) < 4.78 is 5.24. The van der Waals surface area contributed by atoms with E-state index >= 15 is 0 Å². The minimum Gasteiger partial charge on any atom is -0.462 e.